The summed E-state index contributed by atoms with van der Waals surface area (Å²) >= 11 is 5.75. The molecular weight excluding hydrogens is 671 g/mol. The fraction of sp³-hybridized carbons (Fsp3) is 0.148. The lowest BCUT2D eigenvalue weighted by Gasteiger charge is -2.26. The van der Waals surface area contributed by atoms with E-state index in [4.69, 9.17) is 18.9 Å². The lowest BCUT2D eigenvalue weighted by Crippen LogP contribution is -2.54. The van der Waals surface area contributed by atoms with Gasteiger partial charge in [0.25, 0.3) is 11.8 Å². The number of benzene rings is 3. The number of anilines is 1. The highest BCUT2D eigenvalue weighted by atomic mass is 127. The first-order valence-electron chi connectivity index (χ1n) is 11.5. The largest absolute Gasteiger partial charge is 0.490 e. The number of halogens is 2. The Kier molecular flexibility index (Phi) is 7.56. The van der Waals surface area contributed by atoms with Crippen LogP contribution in [0, 0.1) is 3.57 Å². The number of amides is 4. The maximum Gasteiger partial charge on any atom is 0.335 e. The Labute approximate surface area is 240 Å². The summed E-state index contributed by atoms with van der Waals surface area (Å²) < 4.78 is 24.1. The third kappa shape index (κ3) is 5.34. The van der Waals surface area contributed by atoms with Crippen LogP contribution in [0.5, 0.6) is 23.0 Å². The molecule has 3 aromatic carbocycles. The zero-order valence-electron chi connectivity index (χ0n) is 20.0. The van der Waals surface area contributed by atoms with Gasteiger partial charge in [-0.1, -0.05) is 28.1 Å². The molecule has 5 rings (SSSR count). The van der Waals surface area contributed by atoms with Gasteiger partial charge in [0, 0.05) is 14.1 Å². The molecule has 0 aliphatic carbocycles. The molecule has 4 amide bonds. The number of barbiturate groups is 1. The SMILES string of the molecule is CCOc1cc(/C=C2\C(=O)NC(=O)N(c3ccc4c(c3)OCO4)C2=O)c(Br)cc1OCc1ccc(I)cc1. The normalized spacial score (nSPS) is 15.6. The van der Waals surface area contributed by atoms with Gasteiger partial charge in [0.15, 0.2) is 23.0 Å². The maximum atomic E-state index is 13.4. The van der Waals surface area contributed by atoms with Gasteiger partial charge in [-0.25, -0.2) is 9.69 Å². The minimum atomic E-state index is -0.857. The molecule has 0 atom stereocenters. The number of nitrogens with zero attached hydrogens (tertiary/aromatic N) is 1. The Balaban J connectivity index is 1.45. The van der Waals surface area contributed by atoms with Gasteiger partial charge in [-0.05, 0) is 83.1 Å². The zero-order valence-corrected chi connectivity index (χ0v) is 23.7. The number of urea groups is 1. The van der Waals surface area contributed by atoms with Crippen LogP contribution in [0.4, 0.5) is 10.5 Å². The van der Waals surface area contributed by atoms with Crippen LogP contribution < -0.4 is 29.2 Å². The zero-order chi connectivity index (χ0) is 26.8. The number of nitrogens with one attached hydrogen (secondary N) is 1. The van der Waals surface area contributed by atoms with Crippen molar-refractivity contribution in [2.24, 2.45) is 0 Å². The van der Waals surface area contributed by atoms with E-state index in [0.717, 1.165) is 14.0 Å². The van der Waals surface area contributed by atoms with Crippen molar-refractivity contribution in [3.8, 4) is 23.0 Å². The van der Waals surface area contributed by atoms with E-state index < -0.39 is 17.8 Å². The predicted octanol–water partition coefficient (Wildman–Crippen LogP) is 5.43. The van der Waals surface area contributed by atoms with Gasteiger partial charge in [-0.2, -0.15) is 0 Å². The summed E-state index contributed by atoms with van der Waals surface area (Å²) in [6.45, 7) is 2.60. The Bertz CT molecular complexity index is 1470. The molecule has 0 bridgehead atoms. The molecule has 0 radical (unpaired) electrons. The van der Waals surface area contributed by atoms with E-state index in [-0.39, 0.29) is 18.1 Å². The first-order chi connectivity index (χ1) is 18.3. The summed E-state index contributed by atoms with van der Waals surface area (Å²) in [7, 11) is 0. The number of fused-ring (bicyclic) bond motifs is 1. The van der Waals surface area contributed by atoms with Crippen molar-refractivity contribution < 1.29 is 33.3 Å². The fourth-order valence-electron chi connectivity index (χ4n) is 3.86. The quantitative estimate of drug-likeness (QED) is 0.201. The number of carbonyl (C=O) groups is 3. The van der Waals surface area contributed by atoms with Crippen molar-refractivity contribution in [3.05, 3.63) is 79.3 Å². The van der Waals surface area contributed by atoms with E-state index in [0.29, 0.717) is 46.2 Å². The van der Waals surface area contributed by atoms with E-state index >= 15 is 0 Å². The van der Waals surface area contributed by atoms with Crippen molar-refractivity contribution in [3.63, 3.8) is 0 Å². The molecule has 2 aliphatic heterocycles. The molecule has 38 heavy (non-hydrogen) atoms. The van der Waals surface area contributed by atoms with E-state index in [1.165, 1.54) is 12.1 Å². The van der Waals surface area contributed by atoms with Gasteiger partial charge in [0.2, 0.25) is 6.79 Å². The van der Waals surface area contributed by atoms with E-state index in [9.17, 15) is 14.4 Å². The van der Waals surface area contributed by atoms with E-state index in [2.05, 4.69) is 43.8 Å². The van der Waals surface area contributed by atoms with Gasteiger partial charge in [-0.15, -0.1) is 0 Å². The van der Waals surface area contributed by atoms with Crippen LogP contribution in [0.2, 0.25) is 0 Å². The summed E-state index contributed by atoms with van der Waals surface area (Å²) in [5.74, 6) is 0.261. The molecule has 9 nitrogen and oxygen atoms in total. The molecule has 1 N–H and O–H groups in total. The van der Waals surface area contributed by atoms with Crippen LogP contribution in [0.25, 0.3) is 6.08 Å². The lowest BCUT2D eigenvalue weighted by molar-refractivity contribution is -0.122. The van der Waals surface area contributed by atoms with Crippen molar-refractivity contribution in [2.45, 2.75) is 13.5 Å². The van der Waals surface area contributed by atoms with Crippen LogP contribution in [-0.4, -0.2) is 31.2 Å². The lowest BCUT2D eigenvalue weighted by atomic mass is 10.1. The van der Waals surface area contributed by atoms with Crippen molar-refractivity contribution in [1.82, 2.24) is 5.32 Å². The number of rotatable bonds is 7. The molecular formula is C27H20BrIN2O7. The molecule has 11 heteroatoms. The first kappa shape index (κ1) is 26.0. The second-order valence-electron chi connectivity index (χ2n) is 8.16. The van der Waals surface area contributed by atoms with E-state index in [1.807, 2.05) is 31.2 Å². The van der Waals surface area contributed by atoms with Gasteiger partial charge < -0.3 is 18.9 Å². The van der Waals surface area contributed by atoms with Gasteiger partial charge in [-0.3, -0.25) is 14.9 Å². The molecule has 2 heterocycles. The Morgan fingerprint density at radius 1 is 1.00 bits per heavy atom. The van der Waals surface area contributed by atoms with Gasteiger partial charge >= 0.3 is 6.03 Å². The molecule has 1 saturated heterocycles. The second-order valence-corrected chi connectivity index (χ2v) is 10.3. The summed E-state index contributed by atoms with van der Waals surface area (Å²) in [4.78, 5) is 39.5. The monoisotopic (exact) mass is 690 g/mol. The van der Waals surface area contributed by atoms with Crippen LogP contribution >= 0.6 is 38.5 Å². The topological polar surface area (TPSA) is 103 Å². The molecule has 0 saturated carbocycles. The molecule has 0 spiro atoms. The molecule has 3 aromatic rings. The minimum Gasteiger partial charge on any atom is -0.490 e. The highest BCUT2D eigenvalue weighted by molar-refractivity contribution is 14.1. The molecule has 0 aromatic heterocycles. The average Bonchev–Trinajstić information content (AvgIpc) is 3.36. The van der Waals surface area contributed by atoms with Gasteiger partial charge in [0.05, 0.1) is 12.3 Å². The first-order valence-corrected chi connectivity index (χ1v) is 13.4. The number of hydrogen-bond donors (Lipinski definition) is 1. The third-order valence-electron chi connectivity index (χ3n) is 5.69. The van der Waals surface area contributed by atoms with Crippen LogP contribution in [0.1, 0.15) is 18.1 Å². The van der Waals surface area contributed by atoms with Crippen molar-refractivity contribution >= 4 is 68.1 Å². The highest BCUT2D eigenvalue weighted by Gasteiger charge is 2.37. The maximum absolute atomic E-state index is 13.4. The van der Waals surface area contributed by atoms with E-state index in [1.54, 1.807) is 24.3 Å². The van der Waals surface area contributed by atoms with Gasteiger partial charge in [0.1, 0.15) is 12.2 Å². The van der Waals surface area contributed by atoms with Crippen LogP contribution in [-0.2, 0) is 16.2 Å². The smallest absolute Gasteiger partial charge is 0.335 e. The third-order valence-corrected chi connectivity index (χ3v) is 7.09. The number of hydrogen-bond acceptors (Lipinski definition) is 7. The predicted molar refractivity (Wildman–Crippen MR) is 150 cm³/mol. The van der Waals surface area contributed by atoms with Crippen LogP contribution in [0.15, 0.2) is 64.6 Å². The standard InChI is InChI=1S/C27H20BrIN2O7/c1-2-35-22-10-16(20(28)12-24(22)36-13-15-3-5-17(29)6-4-15)9-19-25(32)30-27(34)31(26(19)33)18-7-8-21-23(11-18)38-14-37-21/h3-12H,2,13-14H2,1H3,(H,30,32,34)/b19-9+. The molecule has 194 valence electrons. The molecule has 1 fully saturated rings. The fourth-order valence-corrected chi connectivity index (χ4v) is 4.65. The molecule has 2 aliphatic rings. The number of imide groups is 2. The minimum absolute atomic E-state index is 0.0448. The molecule has 0 unspecified atom stereocenters. The Morgan fingerprint density at radius 2 is 1.74 bits per heavy atom. The summed E-state index contributed by atoms with van der Waals surface area (Å²) in [6.07, 6.45) is 1.40. The summed E-state index contributed by atoms with van der Waals surface area (Å²) in [5.41, 5.74) is 1.50. The highest BCUT2D eigenvalue weighted by Crippen LogP contribution is 2.38. The second kappa shape index (κ2) is 11.0. The van der Waals surface area contributed by atoms with Crippen molar-refractivity contribution in [2.75, 3.05) is 18.3 Å². The van der Waals surface area contributed by atoms with Crippen LogP contribution in [0.3, 0.4) is 0 Å². The average molecular weight is 691 g/mol. The van der Waals surface area contributed by atoms with Crippen molar-refractivity contribution in [1.29, 1.82) is 0 Å². The number of ether oxygens (including phenoxy) is 4. The Morgan fingerprint density at radius 3 is 2.50 bits per heavy atom. The Hall–Kier alpha value is -3.58. The number of carbonyl (C=O) groups excluding carboxylic acids is 3. The summed E-state index contributed by atoms with van der Waals surface area (Å²) in [5, 5.41) is 2.22. The summed E-state index contributed by atoms with van der Waals surface area (Å²) in [6, 6.07) is 15.1.